The zero-order chi connectivity index (χ0) is 32.6. The van der Waals surface area contributed by atoms with E-state index in [9.17, 15) is 10.5 Å². The minimum atomic E-state index is 0.657. The standard InChI is InChI=1S/C44H24N4S/c45-25-27-18-20-40-37(22-27)34-14-2-3-16-38(34)47(40)31-11-5-8-28(23-31)29-9-6-12-32(24-29)48-39-17-4-1-13-33(39)35-19-21-41-42(43(35)48)36-15-7-10-30(26-46)44(36)49-41/h1-24H. The number of rotatable bonds is 3. The number of fused-ring (bicyclic) bond motifs is 10. The summed E-state index contributed by atoms with van der Waals surface area (Å²) in [5.74, 6) is 0. The minimum absolute atomic E-state index is 0.657. The maximum atomic E-state index is 9.90. The molecule has 0 spiro atoms. The zero-order valence-electron chi connectivity index (χ0n) is 26.1. The molecule has 10 aromatic rings. The van der Waals surface area contributed by atoms with E-state index in [0.29, 0.717) is 11.1 Å². The monoisotopic (exact) mass is 640 g/mol. The molecule has 5 heteroatoms. The lowest BCUT2D eigenvalue weighted by Crippen LogP contribution is -1.96. The average molecular weight is 641 g/mol. The highest BCUT2D eigenvalue weighted by atomic mass is 32.1. The summed E-state index contributed by atoms with van der Waals surface area (Å²) in [4.78, 5) is 0. The molecule has 0 bridgehead atoms. The van der Waals surface area contributed by atoms with Gasteiger partial charge in [-0.05, 0) is 77.9 Å². The van der Waals surface area contributed by atoms with E-state index in [1.54, 1.807) is 11.3 Å². The lowest BCUT2D eigenvalue weighted by Gasteiger charge is -2.13. The fraction of sp³-hybridized carbons (Fsp3) is 0. The van der Waals surface area contributed by atoms with Crippen molar-refractivity contribution in [1.82, 2.24) is 9.13 Å². The number of nitriles is 2. The quantitative estimate of drug-likeness (QED) is 0.193. The van der Waals surface area contributed by atoms with Gasteiger partial charge in [-0.2, -0.15) is 10.5 Å². The van der Waals surface area contributed by atoms with Gasteiger partial charge in [0.15, 0.2) is 0 Å². The summed E-state index contributed by atoms with van der Waals surface area (Å²) >= 11 is 1.69. The molecule has 226 valence electrons. The predicted octanol–water partition coefficient (Wildman–Crippen LogP) is 11.7. The van der Waals surface area contributed by atoms with Gasteiger partial charge in [-0.1, -0.05) is 78.9 Å². The van der Waals surface area contributed by atoms with Crippen molar-refractivity contribution in [2.24, 2.45) is 0 Å². The maximum absolute atomic E-state index is 9.90. The molecule has 0 atom stereocenters. The van der Waals surface area contributed by atoms with E-state index in [1.165, 1.54) is 20.9 Å². The molecule has 0 amide bonds. The molecule has 4 nitrogen and oxygen atoms in total. The molecule has 10 rings (SSSR count). The van der Waals surface area contributed by atoms with Crippen LogP contribution in [0.5, 0.6) is 0 Å². The fourth-order valence-electron chi connectivity index (χ4n) is 7.66. The first-order chi connectivity index (χ1) is 24.2. The second-order valence-corrected chi connectivity index (χ2v) is 13.4. The van der Waals surface area contributed by atoms with Crippen LogP contribution in [-0.4, -0.2) is 9.13 Å². The van der Waals surface area contributed by atoms with E-state index >= 15 is 0 Å². The zero-order valence-corrected chi connectivity index (χ0v) is 26.9. The van der Waals surface area contributed by atoms with Crippen LogP contribution in [0.15, 0.2) is 146 Å². The third kappa shape index (κ3) is 3.95. The molecule has 0 radical (unpaired) electrons. The van der Waals surface area contributed by atoms with Crippen LogP contribution in [0.1, 0.15) is 11.1 Å². The van der Waals surface area contributed by atoms with Crippen molar-refractivity contribution in [1.29, 1.82) is 10.5 Å². The lowest BCUT2D eigenvalue weighted by atomic mass is 10.0. The van der Waals surface area contributed by atoms with Crippen LogP contribution in [0, 0.1) is 22.7 Å². The largest absolute Gasteiger partial charge is 0.309 e. The Morgan fingerprint density at radius 3 is 1.84 bits per heavy atom. The van der Waals surface area contributed by atoms with Gasteiger partial charge in [0.25, 0.3) is 0 Å². The smallest absolute Gasteiger partial charge is 0.101 e. The van der Waals surface area contributed by atoms with Gasteiger partial charge in [-0.15, -0.1) is 11.3 Å². The number of para-hydroxylation sites is 2. The molecule has 3 aromatic heterocycles. The summed E-state index contributed by atoms with van der Waals surface area (Å²) in [5.41, 5.74) is 10.2. The summed E-state index contributed by atoms with van der Waals surface area (Å²) in [6.45, 7) is 0. The summed E-state index contributed by atoms with van der Waals surface area (Å²) in [6, 6.07) is 55.6. The lowest BCUT2D eigenvalue weighted by molar-refractivity contribution is 1.18. The Labute approximate surface area is 285 Å². The molecule has 0 fully saturated rings. The average Bonchev–Trinajstić information content (AvgIpc) is 3.82. The van der Waals surface area contributed by atoms with Gasteiger partial charge >= 0.3 is 0 Å². The van der Waals surface area contributed by atoms with Crippen LogP contribution in [0.2, 0.25) is 0 Å². The van der Waals surface area contributed by atoms with Crippen LogP contribution in [0.3, 0.4) is 0 Å². The van der Waals surface area contributed by atoms with E-state index in [2.05, 4.69) is 143 Å². The molecular formula is C44H24N4S. The summed E-state index contributed by atoms with van der Waals surface area (Å²) < 4.78 is 6.89. The van der Waals surface area contributed by atoms with E-state index in [0.717, 1.165) is 65.4 Å². The Morgan fingerprint density at radius 1 is 0.469 bits per heavy atom. The first-order valence-corrected chi connectivity index (χ1v) is 17.0. The number of aromatic nitrogens is 2. The van der Waals surface area contributed by atoms with E-state index in [4.69, 9.17) is 0 Å². The molecular weight excluding hydrogens is 617 g/mol. The van der Waals surface area contributed by atoms with Crippen LogP contribution < -0.4 is 0 Å². The third-order valence-electron chi connectivity index (χ3n) is 9.76. The van der Waals surface area contributed by atoms with Crippen molar-refractivity contribution in [3.05, 3.63) is 157 Å². The molecule has 0 aliphatic rings. The van der Waals surface area contributed by atoms with Gasteiger partial charge in [0.05, 0.1) is 44.0 Å². The Balaban J connectivity index is 1.20. The molecule has 7 aromatic carbocycles. The van der Waals surface area contributed by atoms with Crippen molar-refractivity contribution >= 4 is 75.1 Å². The van der Waals surface area contributed by atoms with Crippen molar-refractivity contribution in [2.75, 3.05) is 0 Å². The second kappa shape index (κ2) is 10.4. The van der Waals surface area contributed by atoms with Crippen molar-refractivity contribution in [3.8, 4) is 34.6 Å². The maximum Gasteiger partial charge on any atom is 0.101 e. The number of thiophene rings is 1. The Kier molecular flexibility index (Phi) is 5.84. The van der Waals surface area contributed by atoms with Gasteiger partial charge in [-0.25, -0.2) is 0 Å². The van der Waals surface area contributed by atoms with Crippen LogP contribution in [0.25, 0.3) is 86.3 Å². The third-order valence-corrected chi connectivity index (χ3v) is 11.0. The Hall–Kier alpha value is -6.66. The normalized spacial score (nSPS) is 11.6. The highest BCUT2D eigenvalue weighted by Crippen LogP contribution is 2.44. The van der Waals surface area contributed by atoms with Crippen LogP contribution in [-0.2, 0) is 0 Å². The first-order valence-electron chi connectivity index (χ1n) is 16.1. The van der Waals surface area contributed by atoms with Crippen molar-refractivity contribution in [2.45, 2.75) is 0 Å². The summed E-state index contributed by atoms with van der Waals surface area (Å²) in [5, 5.41) is 26.4. The number of benzene rings is 7. The van der Waals surface area contributed by atoms with Gasteiger partial charge in [0, 0.05) is 48.4 Å². The Bertz CT molecular complexity index is 3090. The molecule has 0 unspecified atom stereocenters. The Morgan fingerprint density at radius 2 is 1.10 bits per heavy atom. The van der Waals surface area contributed by atoms with E-state index in [-0.39, 0.29) is 0 Å². The van der Waals surface area contributed by atoms with Gasteiger partial charge in [-0.3, -0.25) is 0 Å². The van der Waals surface area contributed by atoms with Gasteiger partial charge in [0.1, 0.15) is 6.07 Å². The number of nitrogens with zero attached hydrogens (tertiary/aromatic N) is 4. The van der Waals surface area contributed by atoms with Gasteiger partial charge in [0.2, 0.25) is 0 Å². The molecule has 3 heterocycles. The summed E-state index contributed by atoms with van der Waals surface area (Å²) in [7, 11) is 0. The SMILES string of the molecule is N#Cc1ccc2c(c1)c1ccccc1n2-c1cccc(-c2cccc(-n3c4ccccc4c4ccc5sc6c(C#N)cccc6c5c43)c2)c1. The van der Waals surface area contributed by atoms with E-state index < -0.39 is 0 Å². The number of hydrogen-bond acceptors (Lipinski definition) is 3. The number of hydrogen-bond donors (Lipinski definition) is 0. The van der Waals surface area contributed by atoms with Crippen LogP contribution in [0.4, 0.5) is 0 Å². The predicted molar refractivity (Wildman–Crippen MR) is 203 cm³/mol. The van der Waals surface area contributed by atoms with E-state index in [1.807, 2.05) is 24.3 Å². The molecule has 0 N–H and O–H groups in total. The van der Waals surface area contributed by atoms with Crippen molar-refractivity contribution < 1.29 is 0 Å². The second-order valence-electron chi connectivity index (χ2n) is 12.4. The van der Waals surface area contributed by atoms with Crippen molar-refractivity contribution in [3.63, 3.8) is 0 Å². The topological polar surface area (TPSA) is 57.4 Å². The minimum Gasteiger partial charge on any atom is -0.309 e. The molecule has 0 aliphatic carbocycles. The summed E-state index contributed by atoms with van der Waals surface area (Å²) in [6.07, 6.45) is 0. The highest BCUT2D eigenvalue weighted by molar-refractivity contribution is 7.26. The highest BCUT2D eigenvalue weighted by Gasteiger charge is 2.19. The molecule has 0 saturated heterocycles. The molecule has 0 aliphatic heterocycles. The molecule has 0 saturated carbocycles. The fourth-order valence-corrected chi connectivity index (χ4v) is 8.83. The van der Waals surface area contributed by atoms with Crippen LogP contribution >= 0.6 is 11.3 Å². The first kappa shape index (κ1) is 27.5. The molecule has 49 heavy (non-hydrogen) atoms. The van der Waals surface area contributed by atoms with Gasteiger partial charge < -0.3 is 9.13 Å².